The molecule has 0 saturated carbocycles. The summed E-state index contributed by atoms with van der Waals surface area (Å²) < 4.78 is 1.30. The lowest BCUT2D eigenvalue weighted by molar-refractivity contribution is 0.240. The lowest BCUT2D eigenvalue weighted by Crippen LogP contribution is -2.35. The molecule has 3 aromatic rings. The molecule has 2 N–H and O–H groups in total. The number of amides is 2. The van der Waals surface area contributed by atoms with Crippen molar-refractivity contribution in [3.8, 4) is 0 Å². The Morgan fingerprint density at radius 2 is 1.95 bits per heavy atom. The van der Waals surface area contributed by atoms with Gasteiger partial charge in [0.1, 0.15) is 0 Å². The normalized spacial score (nSPS) is 10.7. The highest BCUT2D eigenvalue weighted by molar-refractivity contribution is 7.17. The second-order valence-electron chi connectivity index (χ2n) is 4.70. The molecule has 0 aliphatic carbocycles. The van der Waals surface area contributed by atoms with Crippen molar-refractivity contribution < 1.29 is 4.79 Å². The first-order valence-corrected chi connectivity index (χ1v) is 8.58. The van der Waals surface area contributed by atoms with Crippen LogP contribution in [-0.4, -0.2) is 12.6 Å². The van der Waals surface area contributed by atoms with Crippen molar-refractivity contribution in [2.45, 2.75) is 13.0 Å². The molecule has 0 fully saturated rings. The summed E-state index contributed by atoms with van der Waals surface area (Å²) in [5.41, 5.74) is 1.30. The fourth-order valence-electron chi connectivity index (χ4n) is 2.18. The van der Waals surface area contributed by atoms with Crippen LogP contribution in [0.15, 0.2) is 47.2 Å². The Hall–Kier alpha value is -1.85. The Balaban J connectivity index is 1.46. The van der Waals surface area contributed by atoms with E-state index in [9.17, 15) is 4.79 Å². The van der Waals surface area contributed by atoms with Crippen molar-refractivity contribution in [1.29, 1.82) is 0 Å². The smallest absolute Gasteiger partial charge is 0.315 e. The van der Waals surface area contributed by atoms with Crippen LogP contribution in [0.25, 0.3) is 10.1 Å². The fraction of sp³-hybridized carbons (Fsp3) is 0.188. The van der Waals surface area contributed by atoms with E-state index in [1.807, 2.05) is 17.5 Å². The summed E-state index contributed by atoms with van der Waals surface area (Å²) in [6.45, 7) is 1.24. The Bertz CT molecular complexity index is 719. The number of carbonyl (C=O) groups excluding carboxylic acids is 1. The van der Waals surface area contributed by atoms with Crippen LogP contribution in [-0.2, 0) is 13.0 Å². The molecule has 0 saturated heterocycles. The van der Waals surface area contributed by atoms with Crippen LogP contribution in [0.4, 0.5) is 4.79 Å². The largest absolute Gasteiger partial charge is 0.338 e. The number of nitrogens with one attached hydrogen (secondary N) is 2. The number of hydrogen-bond acceptors (Lipinski definition) is 3. The minimum Gasteiger partial charge on any atom is -0.338 e. The zero-order chi connectivity index (χ0) is 14.5. The summed E-state index contributed by atoms with van der Waals surface area (Å²) in [6.07, 6.45) is 0.858. The average Bonchev–Trinajstić information content (AvgIpc) is 3.15. The van der Waals surface area contributed by atoms with Gasteiger partial charge in [-0.15, -0.1) is 22.7 Å². The van der Waals surface area contributed by atoms with Gasteiger partial charge in [0.15, 0.2) is 0 Å². The molecule has 1 aromatic carbocycles. The number of urea groups is 1. The SMILES string of the molecule is O=C(NCCc1csc2ccccc12)NCc1cccs1. The van der Waals surface area contributed by atoms with E-state index in [1.165, 1.54) is 15.6 Å². The molecule has 0 atom stereocenters. The second-order valence-corrected chi connectivity index (χ2v) is 6.64. The van der Waals surface area contributed by atoms with Gasteiger partial charge in [0.05, 0.1) is 6.54 Å². The van der Waals surface area contributed by atoms with Gasteiger partial charge >= 0.3 is 6.03 Å². The summed E-state index contributed by atoms with van der Waals surface area (Å²) >= 11 is 3.40. The van der Waals surface area contributed by atoms with Crippen molar-refractivity contribution >= 4 is 38.8 Å². The summed E-state index contributed by atoms with van der Waals surface area (Å²) in [6, 6.07) is 12.3. The van der Waals surface area contributed by atoms with Gasteiger partial charge in [-0.1, -0.05) is 24.3 Å². The van der Waals surface area contributed by atoms with Crippen LogP contribution in [0.2, 0.25) is 0 Å². The Kier molecular flexibility index (Phi) is 4.52. The van der Waals surface area contributed by atoms with Crippen LogP contribution >= 0.6 is 22.7 Å². The highest BCUT2D eigenvalue weighted by atomic mass is 32.1. The maximum Gasteiger partial charge on any atom is 0.315 e. The third-order valence-electron chi connectivity index (χ3n) is 3.24. The molecule has 2 amide bonds. The van der Waals surface area contributed by atoms with Gasteiger partial charge in [-0.25, -0.2) is 4.79 Å². The lowest BCUT2D eigenvalue weighted by atomic mass is 10.1. The molecule has 21 heavy (non-hydrogen) atoms. The first kappa shape index (κ1) is 14.1. The number of rotatable bonds is 5. The Morgan fingerprint density at radius 3 is 2.81 bits per heavy atom. The van der Waals surface area contributed by atoms with Crippen LogP contribution < -0.4 is 10.6 Å². The predicted molar refractivity (Wildman–Crippen MR) is 90.1 cm³/mol. The minimum atomic E-state index is -0.108. The monoisotopic (exact) mass is 316 g/mol. The molecule has 2 aromatic heterocycles. The first-order valence-electron chi connectivity index (χ1n) is 6.82. The molecule has 3 rings (SSSR count). The molecule has 0 radical (unpaired) electrons. The minimum absolute atomic E-state index is 0.108. The Morgan fingerprint density at radius 1 is 1.05 bits per heavy atom. The van der Waals surface area contributed by atoms with Gasteiger partial charge in [0.25, 0.3) is 0 Å². The number of benzene rings is 1. The van der Waals surface area contributed by atoms with Crippen LogP contribution in [0.5, 0.6) is 0 Å². The van der Waals surface area contributed by atoms with Crippen molar-refractivity contribution in [2.75, 3.05) is 6.54 Å². The van der Waals surface area contributed by atoms with Crippen molar-refractivity contribution in [2.24, 2.45) is 0 Å². The van der Waals surface area contributed by atoms with Gasteiger partial charge in [0.2, 0.25) is 0 Å². The van der Waals surface area contributed by atoms with Gasteiger partial charge in [-0.2, -0.15) is 0 Å². The van der Waals surface area contributed by atoms with Crippen LogP contribution in [0.3, 0.4) is 0 Å². The lowest BCUT2D eigenvalue weighted by Gasteiger charge is -2.06. The van der Waals surface area contributed by atoms with E-state index in [2.05, 4.69) is 40.3 Å². The highest BCUT2D eigenvalue weighted by Gasteiger charge is 2.04. The molecular weight excluding hydrogens is 300 g/mol. The fourth-order valence-corrected chi connectivity index (χ4v) is 3.82. The molecule has 0 unspecified atom stereocenters. The molecular formula is C16H16N2OS2. The second kappa shape index (κ2) is 6.74. The quantitative estimate of drug-likeness (QED) is 0.734. The highest BCUT2D eigenvalue weighted by Crippen LogP contribution is 2.25. The van der Waals surface area contributed by atoms with Crippen molar-refractivity contribution in [3.05, 3.63) is 57.6 Å². The number of fused-ring (bicyclic) bond motifs is 1. The molecule has 2 heterocycles. The molecule has 0 aliphatic rings. The molecule has 0 bridgehead atoms. The van der Waals surface area contributed by atoms with Gasteiger partial charge in [0, 0.05) is 16.1 Å². The summed E-state index contributed by atoms with van der Waals surface area (Å²) in [4.78, 5) is 12.9. The van der Waals surface area contributed by atoms with Crippen LogP contribution in [0, 0.1) is 0 Å². The maximum atomic E-state index is 11.7. The van der Waals surface area contributed by atoms with E-state index in [1.54, 1.807) is 22.7 Å². The van der Waals surface area contributed by atoms with Gasteiger partial charge < -0.3 is 10.6 Å². The standard InChI is InChI=1S/C16H16N2OS2/c19-16(18-10-13-4-3-9-20-13)17-8-7-12-11-21-15-6-2-1-5-14(12)15/h1-6,9,11H,7-8,10H2,(H2,17,18,19). The van der Waals surface area contributed by atoms with Crippen LogP contribution in [0.1, 0.15) is 10.4 Å². The van der Waals surface area contributed by atoms with E-state index in [4.69, 9.17) is 0 Å². The Labute approximate surface area is 131 Å². The number of thiophene rings is 2. The molecule has 5 heteroatoms. The number of hydrogen-bond donors (Lipinski definition) is 2. The van der Waals surface area contributed by atoms with Gasteiger partial charge in [-0.3, -0.25) is 0 Å². The zero-order valence-electron chi connectivity index (χ0n) is 11.5. The van der Waals surface area contributed by atoms with E-state index in [0.29, 0.717) is 13.1 Å². The third kappa shape index (κ3) is 3.62. The van der Waals surface area contributed by atoms with E-state index < -0.39 is 0 Å². The maximum absolute atomic E-state index is 11.7. The zero-order valence-corrected chi connectivity index (χ0v) is 13.1. The van der Waals surface area contributed by atoms with E-state index in [-0.39, 0.29) is 6.03 Å². The molecule has 3 nitrogen and oxygen atoms in total. The summed E-state index contributed by atoms with van der Waals surface area (Å²) in [5.74, 6) is 0. The predicted octanol–water partition coefficient (Wildman–Crippen LogP) is 4.00. The topological polar surface area (TPSA) is 41.1 Å². The molecule has 0 spiro atoms. The molecule has 0 aliphatic heterocycles. The van der Waals surface area contributed by atoms with Crippen molar-refractivity contribution in [3.63, 3.8) is 0 Å². The van der Waals surface area contributed by atoms with E-state index in [0.717, 1.165) is 11.3 Å². The average molecular weight is 316 g/mol. The van der Waals surface area contributed by atoms with Gasteiger partial charge in [-0.05, 0) is 40.3 Å². The number of carbonyl (C=O) groups is 1. The third-order valence-corrected chi connectivity index (χ3v) is 5.13. The molecule has 108 valence electrons. The summed E-state index contributed by atoms with van der Waals surface area (Å²) in [7, 11) is 0. The first-order chi connectivity index (χ1) is 10.3. The van der Waals surface area contributed by atoms with Crippen molar-refractivity contribution in [1.82, 2.24) is 10.6 Å². The van der Waals surface area contributed by atoms with E-state index >= 15 is 0 Å². The summed E-state index contributed by atoms with van der Waals surface area (Å²) in [5, 5.41) is 11.3.